The number of piperidine rings is 1. The van der Waals surface area contributed by atoms with Gasteiger partial charge in [0.2, 0.25) is 5.91 Å². The number of hydrogen-bond acceptors (Lipinski definition) is 4. The topological polar surface area (TPSA) is 75.4 Å². The van der Waals surface area contributed by atoms with Gasteiger partial charge in [-0.05, 0) is 31.2 Å². The molecule has 1 saturated heterocycles. The number of thiophene rings is 1. The summed E-state index contributed by atoms with van der Waals surface area (Å²) in [6.07, 6.45) is 2.01. The molecule has 0 spiro atoms. The van der Waals surface area contributed by atoms with Gasteiger partial charge < -0.3 is 16.0 Å². The van der Waals surface area contributed by atoms with Crippen LogP contribution in [0.1, 0.15) is 36.5 Å². The summed E-state index contributed by atoms with van der Waals surface area (Å²) in [5, 5.41) is 6.76. The lowest BCUT2D eigenvalue weighted by atomic mass is 10.0. The molecule has 0 saturated carbocycles. The molecule has 2 heterocycles. The van der Waals surface area contributed by atoms with Crippen LogP contribution in [0, 0.1) is 0 Å². The van der Waals surface area contributed by atoms with Crippen LogP contribution in [0.5, 0.6) is 0 Å². The average Bonchev–Trinajstić information content (AvgIpc) is 2.92. The number of rotatable bonds is 4. The Kier molecular flexibility index (Phi) is 5.14. The van der Waals surface area contributed by atoms with Gasteiger partial charge in [0, 0.05) is 42.5 Å². The van der Waals surface area contributed by atoms with Crippen LogP contribution in [-0.4, -0.2) is 41.9 Å². The van der Waals surface area contributed by atoms with Crippen LogP contribution in [0.3, 0.4) is 0 Å². The maximum Gasteiger partial charge on any atom is 0.252 e. The van der Waals surface area contributed by atoms with Crippen molar-refractivity contribution in [2.45, 2.75) is 38.3 Å². The molecule has 6 heteroatoms. The van der Waals surface area contributed by atoms with E-state index in [1.807, 2.05) is 28.7 Å². The second-order valence-corrected chi connectivity index (χ2v) is 6.10. The van der Waals surface area contributed by atoms with Gasteiger partial charge >= 0.3 is 0 Å². The predicted molar refractivity (Wildman–Crippen MR) is 79.7 cm³/mol. The monoisotopic (exact) mass is 295 g/mol. The molecule has 110 valence electrons. The van der Waals surface area contributed by atoms with Crippen LogP contribution in [-0.2, 0) is 4.79 Å². The molecule has 1 atom stereocenters. The van der Waals surface area contributed by atoms with Gasteiger partial charge in [0.1, 0.15) is 0 Å². The number of nitrogens with two attached hydrogens (primary N) is 1. The minimum absolute atomic E-state index is 0.0217. The average molecular weight is 295 g/mol. The third kappa shape index (κ3) is 4.05. The van der Waals surface area contributed by atoms with Gasteiger partial charge in [0.15, 0.2) is 0 Å². The molecule has 1 aliphatic heterocycles. The van der Waals surface area contributed by atoms with Crippen LogP contribution in [0.15, 0.2) is 16.8 Å². The van der Waals surface area contributed by atoms with Crippen LogP contribution in [0.25, 0.3) is 0 Å². The highest BCUT2D eigenvalue weighted by Crippen LogP contribution is 2.13. The fourth-order valence-corrected chi connectivity index (χ4v) is 2.98. The number of carbonyl (C=O) groups excluding carboxylic acids is 2. The van der Waals surface area contributed by atoms with Crippen LogP contribution in [0.4, 0.5) is 0 Å². The van der Waals surface area contributed by atoms with E-state index in [0.717, 1.165) is 12.8 Å². The number of nitrogens with one attached hydrogen (secondary N) is 1. The second-order valence-electron chi connectivity index (χ2n) is 5.32. The molecule has 20 heavy (non-hydrogen) atoms. The Hall–Kier alpha value is -1.40. The van der Waals surface area contributed by atoms with Crippen molar-refractivity contribution in [3.8, 4) is 0 Å². The van der Waals surface area contributed by atoms with E-state index in [1.165, 1.54) is 11.3 Å². The first-order valence-corrected chi connectivity index (χ1v) is 7.87. The summed E-state index contributed by atoms with van der Waals surface area (Å²) in [6, 6.07) is 1.88. The molecular weight excluding hydrogens is 274 g/mol. The summed E-state index contributed by atoms with van der Waals surface area (Å²) in [4.78, 5) is 25.7. The number of amides is 2. The zero-order valence-electron chi connectivity index (χ0n) is 11.7. The van der Waals surface area contributed by atoms with Crippen molar-refractivity contribution in [2.24, 2.45) is 5.73 Å². The summed E-state index contributed by atoms with van der Waals surface area (Å²) in [7, 11) is 0. The zero-order valence-corrected chi connectivity index (χ0v) is 12.5. The van der Waals surface area contributed by atoms with Crippen molar-refractivity contribution in [1.29, 1.82) is 0 Å². The van der Waals surface area contributed by atoms with Gasteiger partial charge in [0.05, 0.1) is 0 Å². The summed E-state index contributed by atoms with van der Waals surface area (Å²) in [6.45, 7) is 3.23. The lowest BCUT2D eigenvalue weighted by Gasteiger charge is -2.32. The Morgan fingerprint density at radius 1 is 1.50 bits per heavy atom. The van der Waals surface area contributed by atoms with Crippen molar-refractivity contribution < 1.29 is 9.59 Å². The highest BCUT2D eigenvalue weighted by Gasteiger charge is 2.24. The largest absolute Gasteiger partial charge is 0.349 e. The van der Waals surface area contributed by atoms with Gasteiger partial charge in [0.25, 0.3) is 5.91 Å². The summed E-state index contributed by atoms with van der Waals surface area (Å²) in [5.74, 6) is 0.0919. The van der Waals surface area contributed by atoms with Crippen molar-refractivity contribution in [1.82, 2.24) is 10.2 Å². The highest BCUT2D eigenvalue weighted by atomic mass is 32.1. The van der Waals surface area contributed by atoms with Crippen molar-refractivity contribution in [2.75, 3.05) is 13.1 Å². The molecular formula is C14H21N3O2S. The first kappa shape index (κ1) is 15.0. The fourth-order valence-electron chi connectivity index (χ4n) is 2.34. The Morgan fingerprint density at radius 2 is 2.20 bits per heavy atom. The third-order valence-corrected chi connectivity index (χ3v) is 4.15. The number of likely N-dealkylation sites (tertiary alicyclic amines) is 1. The standard InChI is InChI=1S/C14H21N3O2S/c1-10(15)8-13(18)17-5-2-12(3-6-17)16-14(19)11-4-7-20-9-11/h4,7,9-10,12H,2-3,5-6,8,15H2,1H3,(H,16,19). The molecule has 0 aromatic carbocycles. The van der Waals surface area contributed by atoms with E-state index >= 15 is 0 Å². The molecule has 1 aromatic rings. The first-order chi connectivity index (χ1) is 9.56. The lowest BCUT2D eigenvalue weighted by molar-refractivity contribution is -0.132. The Bertz CT molecular complexity index is 451. The van der Waals surface area contributed by atoms with E-state index in [4.69, 9.17) is 5.73 Å². The molecule has 1 unspecified atom stereocenters. The maximum absolute atomic E-state index is 11.9. The van der Waals surface area contributed by atoms with Gasteiger partial charge in [-0.3, -0.25) is 9.59 Å². The number of hydrogen-bond donors (Lipinski definition) is 2. The van der Waals surface area contributed by atoms with E-state index in [0.29, 0.717) is 25.1 Å². The quantitative estimate of drug-likeness (QED) is 0.876. The molecule has 1 aromatic heterocycles. The Labute approximate surface area is 123 Å². The number of carbonyl (C=O) groups is 2. The molecule has 1 fully saturated rings. The minimum atomic E-state index is -0.0986. The van der Waals surface area contributed by atoms with Gasteiger partial charge in [-0.2, -0.15) is 11.3 Å². The Morgan fingerprint density at radius 3 is 2.75 bits per heavy atom. The van der Waals surface area contributed by atoms with Crippen LogP contribution < -0.4 is 11.1 Å². The fraction of sp³-hybridized carbons (Fsp3) is 0.571. The zero-order chi connectivity index (χ0) is 14.5. The van der Waals surface area contributed by atoms with E-state index in [-0.39, 0.29) is 23.9 Å². The van der Waals surface area contributed by atoms with Crippen molar-refractivity contribution in [3.05, 3.63) is 22.4 Å². The van der Waals surface area contributed by atoms with Crippen molar-refractivity contribution >= 4 is 23.2 Å². The lowest BCUT2D eigenvalue weighted by Crippen LogP contribution is -2.47. The second kappa shape index (κ2) is 6.85. The van der Waals surface area contributed by atoms with E-state index in [9.17, 15) is 9.59 Å². The SMILES string of the molecule is CC(N)CC(=O)N1CCC(NC(=O)c2ccsc2)CC1. The van der Waals surface area contributed by atoms with Gasteiger partial charge in [-0.15, -0.1) is 0 Å². The molecule has 0 aliphatic carbocycles. The molecule has 2 amide bonds. The maximum atomic E-state index is 11.9. The minimum Gasteiger partial charge on any atom is -0.349 e. The van der Waals surface area contributed by atoms with Gasteiger partial charge in [-0.1, -0.05) is 0 Å². The normalized spacial score (nSPS) is 17.8. The summed E-state index contributed by atoms with van der Waals surface area (Å²) < 4.78 is 0. The van der Waals surface area contributed by atoms with Crippen LogP contribution in [0.2, 0.25) is 0 Å². The summed E-state index contributed by atoms with van der Waals surface area (Å²) in [5.41, 5.74) is 6.36. The predicted octanol–water partition coefficient (Wildman–Crippen LogP) is 1.21. The molecule has 0 radical (unpaired) electrons. The van der Waals surface area contributed by atoms with Crippen molar-refractivity contribution in [3.63, 3.8) is 0 Å². The highest BCUT2D eigenvalue weighted by molar-refractivity contribution is 7.08. The molecule has 2 rings (SSSR count). The number of nitrogens with zero attached hydrogens (tertiary/aromatic N) is 1. The third-order valence-electron chi connectivity index (χ3n) is 3.46. The molecule has 5 nitrogen and oxygen atoms in total. The Balaban J connectivity index is 1.77. The smallest absolute Gasteiger partial charge is 0.252 e. The van der Waals surface area contributed by atoms with E-state index < -0.39 is 0 Å². The molecule has 3 N–H and O–H groups in total. The van der Waals surface area contributed by atoms with E-state index in [2.05, 4.69) is 5.32 Å². The molecule has 0 bridgehead atoms. The van der Waals surface area contributed by atoms with Crippen LogP contribution >= 0.6 is 11.3 Å². The summed E-state index contributed by atoms with van der Waals surface area (Å²) >= 11 is 1.51. The molecule has 1 aliphatic rings. The van der Waals surface area contributed by atoms with Gasteiger partial charge in [-0.25, -0.2) is 0 Å². The first-order valence-electron chi connectivity index (χ1n) is 6.92. The van der Waals surface area contributed by atoms with E-state index in [1.54, 1.807) is 0 Å².